The van der Waals surface area contributed by atoms with Crippen LogP contribution in [0.4, 0.5) is 0 Å². The van der Waals surface area contributed by atoms with E-state index in [1.54, 1.807) is 0 Å². The maximum atomic E-state index is 6.60. The smallest absolute Gasteiger partial charge is 0.193 e. The first-order valence-corrected chi connectivity index (χ1v) is 16.9. The van der Waals surface area contributed by atoms with Crippen LogP contribution in [0.2, 0.25) is 0 Å². The van der Waals surface area contributed by atoms with E-state index < -0.39 is 4.93 Å². The van der Waals surface area contributed by atoms with Gasteiger partial charge in [-0.15, -0.1) is 11.8 Å². The van der Waals surface area contributed by atoms with Gasteiger partial charge in [0.05, 0.1) is 0 Å². The van der Waals surface area contributed by atoms with Crippen LogP contribution >= 0.6 is 24.0 Å². The van der Waals surface area contributed by atoms with Gasteiger partial charge in [-0.2, -0.15) is 0 Å². The minimum Gasteiger partial charge on any atom is -0.458 e. The lowest BCUT2D eigenvalue weighted by Crippen LogP contribution is -2.29. The largest absolute Gasteiger partial charge is 0.458 e. The molecule has 3 rings (SSSR count). The van der Waals surface area contributed by atoms with E-state index in [1.807, 2.05) is 11.8 Å². The lowest BCUT2D eigenvalue weighted by atomic mass is 9.94. The zero-order valence-electron chi connectivity index (χ0n) is 24.4. The molecule has 0 amide bonds. The van der Waals surface area contributed by atoms with Crippen LogP contribution in [0.25, 0.3) is 0 Å². The average molecular weight is 563 g/mol. The Kier molecular flexibility index (Phi) is 15.0. The predicted octanol–water partition coefficient (Wildman–Crippen LogP) is 11.4. The van der Waals surface area contributed by atoms with Gasteiger partial charge in [0.15, 0.2) is 9.98 Å². The lowest BCUT2D eigenvalue weighted by molar-refractivity contribution is 0.256. The van der Waals surface area contributed by atoms with Crippen molar-refractivity contribution in [1.29, 1.82) is 0 Å². The van der Waals surface area contributed by atoms with Gasteiger partial charge in [0.2, 0.25) is 0 Å². The quantitative estimate of drug-likeness (QED) is 0.0729. The molecule has 2 aromatic carbocycles. The fourth-order valence-electron chi connectivity index (χ4n) is 5.10. The van der Waals surface area contributed by atoms with Gasteiger partial charge in [0.1, 0.15) is 0 Å². The van der Waals surface area contributed by atoms with Crippen molar-refractivity contribution in [3.05, 3.63) is 95.6 Å². The average Bonchev–Trinajstić information content (AvgIpc) is 2.97. The molecule has 1 aliphatic carbocycles. The van der Waals surface area contributed by atoms with Crippen molar-refractivity contribution in [2.75, 3.05) is 5.75 Å². The van der Waals surface area contributed by atoms with Crippen LogP contribution in [0.15, 0.2) is 78.9 Å². The van der Waals surface area contributed by atoms with E-state index in [4.69, 9.17) is 17.0 Å². The molecule has 0 N–H and O–H groups in total. The molecule has 0 radical (unpaired) electrons. The number of thioether (sulfide) groups is 1. The second-order valence-corrected chi connectivity index (χ2v) is 12.7. The van der Waals surface area contributed by atoms with Crippen LogP contribution in [-0.4, -0.2) is 15.7 Å². The van der Waals surface area contributed by atoms with Gasteiger partial charge in [-0.05, 0) is 60.5 Å². The van der Waals surface area contributed by atoms with Crippen LogP contribution < -0.4 is 0 Å². The van der Waals surface area contributed by atoms with Crippen molar-refractivity contribution in [2.45, 2.75) is 115 Å². The third kappa shape index (κ3) is 11.7. The topological polar surface area (TPSA) is 9.23 Å². The molecule has 0 aromatic heterocycles. The summed E-state index contributed by atoms with van der Waals surface area (Å²) < 4.78 is 6.60. The zero-order valence-corrected chi connectivity index (χ0v) is 26.0. The standard InChI is InChI=1S/C36H50OS2/c1-3-5-7-8-9-10-11-12-13-18-30-39-36(28-26-33(27-29-36)32-20-16-14-17-21-32)37-35(38)34-24-22-31(23-25-34)19-15-6-4-2/h14,16-17,20-29,33H,3-13,15,18-19,30H2,1-2H3. The van der Waals surface area contributed by atoms with Crippen LogP contribution in [0, 0.1) is 0 Å². The van der Waals surface area contributed by atoms with Gasteiger partial charge in [-0.3, -0.25) is 0 Å². The maximum Gasteiger partial charge on any atom is 0.193 e. The van der Waals surface area contributed by atoms with E-state index in [9.17, 15) is 0 Å². The summed E-state index contributed by atoms with van der Waals surface area (Å²) in [7, 11) is 0. The van der Waals surface area contributed by atoms with E-state index in [-0.39, 0.29) is 5.92 Å². The summed E-state index contributed by atoms with van der Waals surface area (Å²) in [4.78, 5) is -0.540. The van der Waals surface area contributed by atoms with E-state index in [0.29, 0.717) is 5.05 Å². The summed E-state index contributed by atoms with van der Waals surface area (Å²) in [5.74, 6) is 1.34. The Morgan fingerprint density at radius 3 is 1.90 bits per heavy atom. The molecule has 0 bridgehead atoms. The molecule has 212 valence electrons. The molecular weight excluding hydrogens is 513 g/mol. The molecule has 0 fully saturated rings. The normalized spacial score (nSPS) is 18.4. The van der Waals surface area contributed by atoms with E-state index >= 15 is 0 Å². The number of aryl methyl sites for hydroxylation is 1. The number of benzene rings is 2. The van der Waals surface area contributed by atoms with E-state index in [0.717, 1.165) is 17.7 Å². The van der Waals surface area contributed by atoms with Crippen molar-refractivity contribution < 1.29 is 4.74 Å². The first kappa shape index (κ1) is 31.7. The maximum absolute atomic E-state index is 6.60. The number of rotatable bonds is 19. The summed E-state index contributed by atoms with van der Waals surface area (Å²) in [5, 5.41) is 0.582. The minimum atomic E-state index is -0.540. The summed E-state index contributed by atoms with van der Waals surface area (Å²) in [6, 6.07) is 19.4. The predicted molar refractivity (Wildman–Crippen MR) is 177 cm³/mol. The van der Waals surface area contributed by atoms with Gasteiger partial charge in [0.25, 0.3) is 0 Å². The van der Waals surface area contributed by atoms with Crippen LogP contribution in [-0.2, 0) is 11.2 Å². The Morgan fingerprint density at radius 2 is 1.28 bits per heavy atom. The Bertz CT molecular complexity index is 978. The molecule has 0 aliphatic heterocycles. The summed E-state index contributed by atoms with van der Waals surface area (Å²) >= 11 is 7.71. The van der Waals surface area contributed by atoms with Crippen LogP contribution in [0.5, 0.6) is 0 Å². The summed E-state index contributed by atoms with van der Waals surface area (Å²) in [6.07, 6.45) is 27.5. The highest BCUT2D eigenvalue weighted by molar-refractivity contribution is 8.00. The highest BCUT2D eigenvalue weighted by Crippen LogP contribution is 2.38. The fraction of sp³-hybridized carbons (Fsp3) is 0.528. The fourth-order valence-corrected chi connectivity index (χ4v) is 6.58. The lowest BCUT2D eigenvalue weighted by Gasteiger charge is -2.31. The van der Waals surface area contributed by atoms with Crippen molar-refractivity contribution in [3.8, 4) is 0 Å². The Hall–Kier alpha value is -1.84. The van der Waals surface area contributed by atoms with Gasteiger partial charge >= 0.3 is 0 Å². The Balaban J connectivity index is 1.53. The van der Waals surface area contributed by atoms with Gasteiger partial charge < -0.3 is 4.74 Å². The molecule has 1 aliphatic rings. The Morgan fingerprint density at radius 1 is 0.718 bits per heavy atom. The number of thiocarbonyl (C=S) groups is 1. The number of hydrogen-bond donors (Lipinski definition) is 0. The summed E-state index contributed by atoms with van der Waals surface area (Å²) in [6.45, 7) is 4.53. The molecule has 39 heavy (non-hydrogen) atoms. The van der Waals surface area contributed by atoms with Crippen molar-refractivity contribution >= 4 is 29.0 Å². The minimum absolute atomic E-state index is 0.275. The molecule has 2 aromatic rings. The van der Waals surface area contributed by atoms with Gasteiger partial charge in [-0.1, -0.05) is 151 Å². The van der Waals surface area contributed by atoms with Crippen molar-refractivity contribution in [1.82, 2.24) is 0 Å². The number of allylic oxidation sites excluding steroid dienone is 2. The third-order valence-electron chi connectivity index (χ3n) is 7.59. The molecular formula is C36H50OS2. The molecule has 0 saturated heterocycles. The molecule has 0 saturated carbocycles. The van der Waals surface area contributed by atoms with E-state index in [1.165, 1.54) is 94.6 Å². The Labute approximate surface area is 248 Å². The molecule has 0 unspecified atom stereocenters. The van der Waals surface area contributed by atoms with Gasteiger partial charge in [-0.25, -0.2) is 0 Å². The monoisotopic (exact) mass is 562 g/mol. The third-order valence-corrected chi connectivity index (χ3v) is 9.21. The second kappa shape index (κ2) is 18.5. The molecule has 0 atom stereocenters. The molecule has 0 spiro atoms. The molecule has 1 nitrogen and oxygen atoms in total. The van der Waals surface area contributed by atoms with Crippen LogP contribution in [0.1, 0.15) is 120 Å². The highest BCUT2D eigenvalue weighted by Gasteiger charge is 2.31. The second-order valence-electron chi connectivity index (χ2n) is 11.0. The highest BCUT2D eigenvalue weighted by atomic mass is 32.2. The number of hydrogen-bond acceptors (Lipinski definition) is 3. The first-order valence-electron chi connectivity index (χ1n) is 15.6. The zero-order chi connectivity index (χ0) is 27.6. The van der Waals surface area contributed by atoms with Gasteiger partial charge in [0, 0.05) is 11.5 Å². The number of ether oxygens (including phenoxy) is 1. The van der Waals surface area contributed by atoms with Crippen molar-refractivity contribution in [3.63, 3.8) is 0 Å². The van der Waals surface area contributed by atoms with Crippen LogP contribution in [0.3, 0.4) is 0 Å². The number of unbranched alkanes of at least 4 members (excludes halogenated alkanes) is 11. The molecule has 3 heteroatoms. The SMILES string of the molecule is CCCCCCCCCCCCSC1(OC(=S)c2ccc(CCCCC)cc2)C=CC(c2ccccc2)C=C1. The first-order chi connectivity index (χ1) is 19.2. The molecule has 0 heterocycles. The van der Waals surface area contributed by atoms with E-state index in [2.05, 4.69) is 92.7 Å². The summed E-state index contributed by atoms with van der Waals surface area (Å²) in [5.41, 5.74) is 3.68. The van der Waals surface area contributed by atoms with Crippen molar-refractivity contribution in [2.24, 2.45) is 0 Å².